The molecular weight excluding hydrogens is 602 g/mol. The maximum Gasteiger partial charge on any atom is 0.275 e. The molecule has 13 heteroatoms. The number of hydrogen-bond donors (Lipinski definition) is 1. The number of pyridine rings is 1. The number of nitrogens with zero attached hydrogens (tertiary/aromatic N) is 5. The predicted molar refractivity (Wildman–Crippen MR) is 171 cm³/mol. The van der Waals surface area contributed by atoms with E-state index in [0.717, 1.165) is 12.8 Å². The summed E-state index contributed by atoms with van der Waals surface area (Å²) in [6, 6.07) is 8.21. The average molecular weight is 645 g/mol. The van der Waals surface area contributed by atoms with Crippen LogP contribution in [0, 0.1) is 5.92 Å². The van der Waals surface area contributed by atoms with Crippen molar-refractivity contribution in [3.8, 4) is 0 Å². The lowest BCUT2D eigenvalue weighted by Gasteiger charge is -2.44. The van der Waals surface area contributed by atoms with Crippen molar-refractivity contribution in [1.29, 1.82) is 0 Å². The summed E-state index contributed by atoms with van der Waals surface area (Å²) in [5, 5.41) is 3.98. The Morgan fingerprint density at radius 3 is 2.56 bits per heavy atom. The molecule has 0 radical (unpaired) electrons. The molecule has 10 nitrogen and oxygen atoms in total. The monoisotopic (exact) mass is 644 g/mol. The molecule has 2 fully saturated rings. The first-order valence-electron chi connectivity index (χ1n) is 15.9. The van der Waals surface area contributed by atoms with Crippen molar-refractivity contribution in [2.45, 2.75) is 64.1 Å². The Labute approximate surface area is 262 Å². The van der Waals surface area contributed by atoms with Gasteiger partial charge in [-0.1, -0.05) is 18.2 Å². The molecule has 3 aromatic rings. The summed E-state index contributed by atoms with van der Waals surface area (Å²) >= 11 is 0. The Bertz CT molecular complexity index is 1680. The molecule has 1 N–H and O–H groups in total. The van der Waals surface area contributed by atoms with Gasteiger partial charge in [-0.15, -0.1) is 0 Å². The summed E-state index contributed by atoms with van der Waals surface area (Å²) in [4.78, 5) is 26.9. The number of aryl methyl sites for hydroxylation is 1. The average Bonchev–Trinajstić information content (AvgIpc) is 2.99. The molecule has 1 unspecified atom stereocenters. The van der Waals surface area contributed by atoms with Crippen molar-refractivity contribution in [3.05, 3.63) is 58.1 Å². The minimum Gasteiger partial charge on any atom is -0.381 e. The Kier molecular flexibility index (Phi) is 9.13. The van der Waals surface area contributed by atoms with E-state index in [2.05, 4.69) is 27.1 Å². The normalized spacial score (nSPS) is 27.5. The van der Waals surface area contributed by atoms with E-state index in [9.17, 15) is 13.2 Å². The summed E-state index contributed by atoms with van der Waals surface area (Å²) in [6.45, 7) is 7.25. The fourth-order valence-corrected chi connectivity index (χ4v) is 7.86. The molecule has 0 amide bonds. The van der Waals surface area contributed by atoms with E-state index in [0.29, 0.717) is 73.4 Å². The Hall–Kier alpha value is -3.16. The first kappa shape index (κ1) is 31.8. The van der Waals surface area contributed by atoms with Crippen LogP contribution in [0.5, 0.6) is 0 Å². The van der Waals surface area contributed by atoms with Crippen molar-refractivity contribution in [1.82, 2.24) is 19.4 Å². The van der Waals surface area contributed by atoms with Crippen LogP contribution in [-0.4, -0.2) is 84.8 Å². The van der Waals surface area contributed by atoms with Crippen LogP contribution in [0.25, 0.3) is 11.0 Å². The van der Waals surface area contributed by atoms with Crippen molar-refractivity contribution >= 4 is 32.4 Å². The third kappa shape index (κ3) is 7.00. The van der Waals surface area contributed by atoms with E-state index in [-0.39, 0.29) is 54.1 Å². The highest BCUT2D eigenvalue weighted by Crippen LogP contribution is 2.39. The molecule has 244 valence electrons. The summed E-state index contributed by atoms with van der Waals surface area (Å²) in [5.74, 6) is -2.58. The lowest BCUT2D eigenvalue weighted by atomic mass is 9.88. The summed E-state index contributed by atoms with van der Waals surface area (Å²) < 4.78 is 62.8. The molecular formula is C32H42F2N6O4S. The van der Waals surface area contributed by atoms with Crippen LogP contribution in [-0.2, 0) is 27.0 Å². The van der Waals surface area contributed by atoms with Crippen molar-refractivity contribution < 1.29 is 21.9 Å². The second kappa shape index (κ2) is 12.9. The van der Waals surface area contributed by atoms with Crippen molar-refractivity contribution in [2.75, 3.05) is 61.1 Å². The van der Waals surface area contributed by atoms with Crippen LogP contribution in [0.1, 0.15) is 56.7 Å². The molecule has 0 saturated carbocycles. The van der Waals surface area contributed by atoms with Crippen LogP contribution < -0.4 is 15.8 Å². The van der Waals surface area contributed by atoms with E-state index < -0.39 is 15.8 Å². The number of ether oxygens (including phenoxy) is 1. The van der Waals surface area contributed by atoms with Gasteiger partial charge in [-0.25, -0.2) is 27.2 Å². The summed E-state index contributed by atoms with van der Waals surface area (Å²) in [7, 11) is -3.15. The highest BCUT2D eigenvalue weighted by molar-refractivity contribution is 7.91. The van der Waals surface area contributed by atoms with Crippen molar-refractivity contribution in [2.24, 2.45) is 5.92 Å². The van der Waals surface area contributed by atoms with Crippen molar-refractivity contribution in [3.63, 3.8) is 0 Å². The number of aromatic nitrogens is 3. The fraction of sp³-hybridized carbons (Fsp3) is 0.594. The summed E-state index contributed by atoms with van der Waals surface area (Å²) in [5.41, 5.74) is 1.29. The molecule has 2 aromatic heterocycles. The van der Waals surface area contributed by atoms with E-state index in [1.807, 2.05) is 17.9 Å². The lowest BCUT2D eigenvalue weighted by Crippen LogP contribution is -2.52. The molecule has 6 heterocycles. The van der Waals surface area contributed by atoms with Gasteiger partial charge in [0.1, 0.15) is 23.5 Å². The minimum absolute atomic E-state index is 0.00293. The third-order valence-electron chi connectivity index (χ3n) is 9.45. The maximum atomic E-state index is 15.5. The number of hydrogen-bond acceptors (Lipinski definition) is 9. The summed E-state index contributed by atoms with van der Waals surface area (Å²) in [6.07, 6.45) is 3.60. The number of alkyl halides is 2. The van der Waals surface area contributed by atoms with Gasteiger partial charge in [-0.2, -0.15) is 0 Å². The molecule has 4 aliphatic heterocycles. The second-order valence-electron chi connectivity index (χ2n) is 12.8. The van der Waals surface area contributed by atoms with Gasteiger partial charge in [0.2, 0.25) is 0 Å². The van der Waals surface area contributed by atoms with E-state index in [4.69, 9.17) is 4.74 Å². The van der Waals surface area contributed by atoms with Gasteiger partial charge in [0, 0.05) is 70.0 Å². The molecule has 4 aliphatic rings. The largest absolute Gasteiger partial charge is 0.381 e. The lowest BCUT2D eigenvalue weighted by molar-refractivity contribution is -0.0644. The Morgan fingerprint density at radius 2 is 1.78 bits per heavy atom. The molecule has 7 rings (SSSR count). The first-order valence-corrected chi connectivity index (χ1v) is 17.7. The van der Waals surface area contributed by atoms with Gasteiger partial charge in [-0.3, -0.25) is 9.36 Å². The minimum atomic E-state index is -3.15. The fourth-order valence-electron chi connectivity index (χ4n) is 6.66. The zero-order valence-corrected chi connectivity index (χ0v) is 26.7. The van der Waals surface area contributed by atoms with E-state index in [1.54, 1.807) is 22.8 Å². The number of fused-ring (bicyclic) bond motifs is 9. The number of halogens is 2. The molecule has 0 aliphatic carbocycles. The van der Waals surface area contributed by atoms with Crippen LogP contribution in [0.3, 0.4) is 0 Å². The van der Waals surface area contributed by atoms with Gasteiger partial charge in [0.25, 0.3) is 11.5 Å². The predicted octanol–water partition coefficient (Wildman–Crippen LogP) is 4.20. The number of rotatable bonds is 1. The second-order valence-corrected chi connectivity index (χ2v) is 15.1. The molecule has 8 bridgehead atoms. The zero-order valence-electron chi connectivity index (χ0n) is 25.9. The number of benzene rings is 1. The topological polar surface area (TPSA) is 110 Å². The van der Waals surface area contributed by atoms with E-state index in [1.165, 1.54) is 12.4 Å². The molecule has 0 spiro atoms. The number of sulfone groups is 1. The number of nitrogens with one attached hydrogen (secondary N) is 1. The van der Waals surface area contributed by atoms with Gasteiger partial charge in [0.15, 0.2) is 9.84 Å². The standard InChI is InChI=1S/C32H42F2N6O4S/c1-22-6-4-12-44-13-5-9-40-30-27(17-28(31(40)41)38-10-14-45(42,43)15-11-38)29(35-21-36-30)37-23(2)25-7-3-8-26(16-25)32(33,34)18-24-19-39(22)20-24/h3,7-8,16-17,21-24H,4-6,9-15,18-20H2,1-2H3,(H,35,36,37)/t22?,23-/m1/s1. The smallest absolute Gasteiger partial charge is 0.275 e. The van der Waals surface area contributed by atoms with Gasteiger partial charge in [-0.05, 0) is 56.7 Å². The highest BCUT2D eigenvalue weighted by Gasteiger charge is 2.40. The number of anilines is 2. The molecule has 2 atom stereocenters. The Balaban J connectivity index is 1.36. The van der Waals surface area contributed by atoms with E-state index >= 15 is 8.78 Å². The first-order chi connectivity index (χ1) is 21.5. The molecule has 2 saturated heterocycles. The quantitative estimate of drug-likeness (QED) is 0.417. The SMILES string of the molecule is CC1CCCOCCCn2c(=O)c(N3CCS(=O)(=O)CC3)cc3c(ncnc32)N[C@H](C)c2cccc(c2)C(F)(F)CC2CN1C2. The van der Waals surface area contributed by atoms with Gasteiger partial charge < -0.3 is 19.9 Å². The van der Waals surface area contributed by atoms with Crippen LogP contribution in [0.15, 0.2) is 41.5 Å². The third-order valence-corrected chi connectivity index (χ3v) is 11.1. The Morgan fingerprint density at radius 1 is 1.02 bits per heavy atom. The maximum absolute atomic E-state index is 15.5. The zero-order chi connectivity index (χ0) is 31.8. The van der Waals surface area contributed by atoms with Crippen LogP contribution in [0.4, 0.5) is 20.3 Å². The van der Waals surface area contributed by atoms with Crippen LogP contribution in [0.2, 0.25) is 0 Å². The van der Waals surface area contributed by atoms with Crippen LogP contribution >= 0.6 is 0 Å². The molecule has 45 heavy (non-hydrogen) atoms. The highest BCUT2D eigenvalue weighted by atomic mass is 32.2. The van der Waals surface area contributed by atoms with Gasteiger partial charge in [0.05, 0.1) is 16.9 Å². The van der Waals surface area contributed by atoms with Gasteiger partial charge >= 0.3 is 0 Å². The molecule has 1 aromatic carbocycles.